The van der Waals surface area contributed by atoms with Gasteiger partial charge in [-0.05, 0) is 106 Å². The number of fused-ring (bicyclic) bond motifs is 2. The quantitative estimate of drug-likeness (QED) is 0.133. The van der Waals surface area contributed by atoms with Crippen molar-refractivity contribution in [3.63, 3.8) is 0 Å². The molecule has 1 aliphatic heterocycles. The van der Waals surface area contributed by atoms with Crippen LogP contribution in [-0.4, -0.2) is 0 Å². The molecule has 0 spiro atoms. The average Bonchev–Trinajstić information content (AvgIpc) is 3.77. The van der Waals surface area contributed by atoms with Crippen molar-refractivity contribution < 1.29 is 0 Å². The second-order valence-corrected chi connectivity index (χ2v) is 18.7. The van der Waals surface area contributed by atoms with Crippen molar-refractivity contribution in [2.45, 2.75) is 23.6 Å². The van der Waals surface area contributed by atoms with Crippen molar-refractivity contribution in [1.82, 2.24) is 0 Å². The molecule has 0 aliphatic carbocycles. The molecule has 1 aliphatic rings. The molecule has 65 heavy (non-hydrogen) atoms. The average molecular weight is 868 g/mol. The van der Waals surface area contributed by atoms with E-state index in [2.05, 4.69) is 255 Å². The lowest BCUT2D eigenvalue weighted by Crippen LogP contribution is -2.14. The fourth-order valence-electron chi connectivity index (χ4n) is 9.09. The highest BCUT2D eigenvalue weighted by molar-refractivity contribution is 7.99. The fourth-order valence-corrected chi connectivity index (χ4v) is 11.5. The monoisotopic (exact) mass is 867 g/mol. The number of anilines is 3. The van der Waals surface area contributed by atoms with Gasteiger partial charge in [0.25, 0.3) is 0 Å². The molecule has 9 aromatic carbocycles. The predicted molar refractivity (Wildman–Crippen MR) is 279 cm³/mol. The molecule has 10 aromatic rings. The minimum atomic E-state index is 1.14. The maximum atomic E-state index is 2.40. The Balaban J connectivity index is 1.08. The summed E-state index contributed by atoms with van der Waals surface area (Å²) in [5, 5.41) is 0. The first-order chi connectivity index (χ1) is 32.1. The number of hydrogen-bond donors (Lipinski definition) is 0. The minimum absolute atomic E-state index is 1.14. The third kappa shape index (κ3) is 7.84. The number of aryl methyl sites for hydroxylation is 2. The van der Waals surface area contributed by atoms with E-state index in [1.807, 2.05) is 23.1 Å². The van der Waals surface area contributed by atoms with Crippen molar-refractivity contribution in [2.24, 2.45) is 0 Å². The van der Waals surface area contributed by atoms with Gasteiger partial charge in [-0.25, -0.2) is 0 Å². The van der Waals surface area contributed by atoms with Crippen LogP contribution in [0, 0.1) is 13.8 Å². The number of nitrogens with zero attached hydrogens (tertiary/aromatic N) is 1. The zero-order valence-corrected chi connectivity index (χ0v) is 37.9. The lowest BCUT2D eigenvalue weighted by atomic mass is 9.85. The van der Waals surface area contributed by atoms with Gasteiger partial charge in [0.2, 0.25) is 0 Å². The van der Waals surface area contributed by atoms with Crippen molar-refractivity contribution in [2.75, 3.05) is 4.90 Å². The Morgan fingerprint density at radius 1 is 0.323 bits per heavy atom. The van der Waals surface area contributed by atoms with Crippen molar-refractivity contribution in [3.8, 4) is 43.1 Å². The number of rotatable bonds is 9. The summed E-state index contributed by atoms with van der Waals surface area (Å²) in [5.41, 5.74) is 20.5. The first-order valence-electron chi connectivity index (χ1n) is 22.2. The maximum absolute atomic E-state index is 2.40. The van der Waals surface area contributed by atoms with E-state index in [0.29, 0.717) is 0 Å². The number of hydrogen-bond acceptors (Lipinski definition) is 3. The fraction of sp³-hybridized carbons (Fsp3) is 0.0323. The number of para-hydroxylation sites is 2. The third-order valence-electron chi connectivity index (χ3n) is 12.3. The van der Waals surface area contributed by atoms with Crippen LogP contribution in [-0.2, 0) is 0 Å². The highest BCUT2D eigenvalue weighted by Crippen LogP contribution is 2.54. The second-order valence-electron chi connectivity index (χ2n) is 16.6. The van der Waals surface area contributed by atoms with Crippen LogP contribution >= 0.6 is 23.1 Å². The first kappa shape index (κ1) is 40.4. The number of benzene rings is 9. The molecule has 0 fully saturated rings. The smallest absolute Gasteiger partial charge is 0.0601 e. The van der Waals surface area contributed by atoms with Crippen LogP contribution < -0.4 is 4.90 Å². The van der Waals surface area contributed by atoms with E-state index in [0.717, 1.165) is 5.69 Å². The molecule has 0 saturated carbocycles. The predicted octanol–water partition coefficient (Wildman–Crippen LogP) is 18.0. The zero-order chi connectivity index (χ0) is 43.7. The topological polar surface area (TPSA) is 3.24 Å². The molecule has 0 radical (unpaired) electrons. The van der Waals surface area contributed by atoms with Gasteiger partial charge < -0.3 is 4.90 Å². The van der Waals surface area contributed by atoms with E-state index < -0.39 is 0 Å². The van der Waals surface area contributed by atoms with Crippen LogP contribution in [0.15, 0.2) is 246 Å². The summed E-state index contributed by atoms with van der Waals surface area (Å²) in [6.45, 7) is 4.31. The van der Waals surface area contributed by atoms with Crippen LogP contribution in [0.25, 0.3) is 54.3 Å². The van der Waals surface area contributed by atoms with Gasteiger partial charge in [-0.2, -0.15) is 0 Å². The Bertz CT molecular complexity index is 3200. The molecule has 3 heteroatoms. The van der Waals surface area contributed by atoms with Crippen LogP contribution in [0.5, 0.6) is 0 Å². The molecule has 11 rings (SSSR count). The normalized spacial score (nSPS) is 11.8. The molecule has 2 heterocycles. The minimum Gasteiger partial charge on any atom is -0.308 e. The summed E-state index contributed by atoms with van der Waals surface area (Å²) in [6, 6.07) is 86.7. The molecule has 1 nitrogen and oxygen atoms in total. The van der Waals surface area contributed by atoms with E-state index >= 15 is 0 Å². The molecular formula is C62H45NS2. The standard InChI is InChI=1S/C62H45NS2/c1-42-26-30-47(31-27-42)58(48-32-28-43(2)29-33-48)57(44-16-6-3-7-17-44)49-34-36-50(37-35-49)61-59(45-18-8-4-9-19-45)60(46-20-10-5-11-21-46)62(65-61)51-38-40-52(41-39-51)63-53-22-12-14-24-55(53)64-56-25-15-13-23-54(56)63/h3-41H,1-2H3. The zero-order valence-electron chi connectivity index (χ0n) is 36.3. The number of thiophene rings is 1. The lowest BCUT2D eigenvalue weighted by Gasteiger charge is -2.32. The molecule has 0 amide bonds. The highest BCUT2D eigenvalue weighted by Gasteiger charge is 2.27. The second kappa shape index (κ2) is 17.6. The van der Waals surface area contributed by atoms with Gasteiger partial charge in [0.1, 0.15) is 0 Å². The lowest BCUT2D eigenvalue weighted by molar-refractivity contribution is 1.17. The van der Waals surface area contributed by atoms with Gasteiger partial charge in [0.05, 0.1) is 11.4 Å². The third-order valence-corrected chi connectivity index (χ3v) is 14.7. The van der Waals surface area contributed by atoms with Crippen LogP contribution in [0.3, 0.4) is 0 Å². The van der Waals surface area contributed by atoms with Gasteiger partial charge in [-0.1, -0.05) is 223 Å². The van der Waals surface area contributed by atoms with E-state index in [-0.39, 0.29) is 0 Å². The van der Waals surface area contributed by atoms with Crippen molar-refractivity contribution >= 4 is 51.3 Å². The SMILES string of the molecule is Cc1ccc(C(=C(c2ccccc2)c2ccc(-c3sc(-c4ccc(N5c6ccccc6Sc6ccccc65)cc4)c(-c4ccccc4)c3-c3ccccc3)cc2)c2ccc(C)cc2)cc1. The first-order valence-corrected chi connectivity index (χ1v) is 23.8. The summed E-state index contributed by atoms with van der Waals surface area (Å²) < 4.78 is 0. The summed E-state index contributed by atoms with van der Waals surface area (Å²) in [5.74, 6) is 0. The molecule has 0 unspecified atom stereocenters. The highest BCUT2D eigenvalue weighted by atomic mass is 32.2. The van der Waals surface area contributed by atoms with Crippen LogP contribution in [0.2, 0.25) is 0 Å². The van der Waals surface area contributed by atoms with E-state index in [9.17, 15) is 0 Å². The Kier molecular flexibility index (Phi) is 10.9. The Morgan fingerprint density at radius 3 is 1.12 bits per heavy atom. The Morgan fingerprint density at radius 2 is 0.677 bits per heavy atom. The molecular weight excluding hydrogens is 823 g/mol. The molecule has 0 bridgehead atoms. The van der Waals surface area contributed by atoms with E-state index in [1.165, 1.54) is 109 Å². The molecule has 310 valence electrons. The summed E-state index contributed by atoms with van der Waals surface area (Å²) >= 11 is 3.72. The Labute approximate surface area is 390 Å². The van der Waals surface area contributed by atoms with Gasteiger partial charge in [0.15, 0.2) is 0 Å². The summed E-state index contributed by atoms with van der Waals surface area (Å²) in [6.07, 6.45) is 0. The molecule has 0 N–H and O–H groups in total. The van der Waals surface area contributed by atoms with Crippen LogP contribution in [0.1, 0.15) is 33.4 Å². The molecule has 1 aromatic heterocycles. The van der Waals surface area contributed by atoms with Gasteiger partial charge in [-0.15, -0.1) is 11.3 Å². The van der Waals surface area contributed by atoms with Crippen molar-refractivity contribution in [1.29, 1.82) is 0 Å². The summed E-state index contributed by atoms with van der Waals surface area (Å²) in [7, 11) is 0. The molecule has 0 atom stereocenters. The molecule has 0 saturated heterocycles. The van der Waals surface area contributed by atoms with E-state index in [4.69, 9.17) is 0 Å². The summed E-state index contributed by atoms with van der Waals surface area (Å²) in [4.78, 5) is 7.42. The van der Waals surface area contributed by atoms with Crippen LogP contribution in [0.4, 0.5) is 17.1 Å². The maximum Gasteiger partial charge on any atom is 0.0601 e. The van der Waals surface area contributed by atoms with Gasteiger partial charge in [0, 0.05) is 36.4 Å². The largest absolute Gasteiger partial charge is 0.308 e. The van der Waals surface area contributed by atoms with Gasteiger partial charge >= 0.3 is 0 Å². The Hall–Kier alpha value is -7.43. The van der Waals surface area contributed by atoms with Gasteiger partial charge in [-0.3, -0.25) is 0 Å². The van der Waals surface area contributed by atoms with Crippen molar-refractivity contribution in [3.05, 3.63) is 270 Å². The van der Waals surface area contributed by atoms with E-state index in [1.54, 1.807) is 0 Å².